The van der Waals surface area contributed by atoms with Crippen LogP contribution in [0.4, 0.5) is 0 Å². The molecule has 1 aliphatic heterocycles. The summed E-state index contributed by atoms with van der Waals surface area (Å²) in [6, 6.07) is 23.1. The second kappa shape index (κ2) is 9.42. The van der Waals surface area contributed by atoms with Crippen molar-refractivity contribution in [3.8, 4) is 11.4 Å². The number of hydrogen-bond acceptors (Lipinski definition) is 5. The minimum Gasteiger partial charge on any atom is -0.497 e. The first-order valence-corrected chi connectivity index (χ1v) is 11.4. The van der Waals surface area contributed by atoms with Crippen molar-refractivity contribution in [2.45, 2.75) is 0 Å². The summed E-state index contributed by atoms with van der Waals surface area (Å²) in [7, 11) is 1.58. The molecule has 2 amide bonds. The van der Waals surface area contributed by atoms with E-state index in [-0.39, 0.29) is 23.1 Å². The molecule has 0 atom stereocenters. The van der Waals surface area contributed by atoms with Crippen molar-refractivity contribution in [3.63, 3.8) is 0 Å². The van der Waals surface area contributed by atoms with Gasteiger partial charge in [-0.05, 0) is 42.5 Å². The summed E-state index contributed by atoms with van der Waals surface area (Å²) in [4.78, 5) is 43.0. The molecule has 4 aromatic rings. The molecule has 0 spiro atoms. The van der Waals surface area contributed by atoms with Gasteiger partial charge in [0.05, 0.1) is 18.2 Å². The smallest absolute Gasteiger partial charge is 0.279 e. The summed E-state index contributed by atoms with van der Waals surface area (Å²) in [6.07, 6.45) is 0. The molecule has 1 aromatic heterocycles. The topological polar surface area (TPSA) is 84.7 Å². The van der Waals surface area contributed by atoms with Gasteiger partial charge in [-0.15, -0.1) is 0 Å². The first kappa shape index (κ1) is 22.3. The number of rotatable bonds is 4. The summed E-state index contributed by atoms with van der Waals surface area (Å²) in [5, 5.41) is 5.44. The molecule has 0 bridgehead atoms. The minimum atomic E-state index is -0.279. The van der Waals surface area contributed by atoms with Crippen LogP contribution >= 0.6 is 0 Å². The van der Waals surface area contributed by atoms with Crippen LogP contribution in [0.2, 0.25) is 0 Å². The maximum atomic E-state index is 13.6. The van der Waals surface area contributed by atoms with E-state index in [1.807, 2.05) is 18.2 Å². The molecular formula is C27H24N4O4. The maximum Gasteiger partial charge on any atom is 0.279 e. The van der Waals surface area contributed by atoms with Crippen molar-refractivity contribution < 1.29 is 14.3 Å². The van der Waals surface area contributed by atoms with Crippen LogP contribution in [0, 0.1) is 0 Å². The number of carbonyl (C=O) groups is 2. The first-order chi connectivity index (χ1) is 17.1. The number of methoxy groups -OCH3 is 1. The largest absolute Gasteiger partial charge is 0.497 e. The Labute approximate surface area is 202 Å². The van der Waals surface area contributed by atoms with Crippen molar-refractivity contribution in [1.82, 2.24) is 19.6 Å². The highest BCUT2D eigenvalue weighted by molar-refractivity contribution is 6.05. The number of piperazine rings is 1. The zero-order valence-electron chi connectivity index (χ0n) is 19.3. The van der Waals surface area contributed by atoms with E-state index in [1.165, 1.54) is 4.68 Å². The lowest BCUT2D eigenvalue weighted by Gasteiger charge is -2.34. The fourth-order valence-corrected chi connectivity index (χ4v) is 4.27. The average molecular weight is 469 g/mol. The molecule has 0 saturated carbocycles. The van der Waals surface area contributed by atoms with Crippen LogP contribution in [0.5, 0.6) is 5.75 Å². The lowest BCUT2D eigenvalue weighted by atomic mass is 10.1. The Balaban J connectivity index is 1.40. The molecular weight excluding hydrogens is 444 g/mol. The first-order valence-electron chi connectivity index (χ1n) is 11.4. The van der Waals surface area contributed by atoms with E-state index in [0.29, 0.717) is 54.0 Å². The summed E-state index contributed by atoms with van der Waals surface area (Å²) in [5.74, 6) is 0.344. The van der Waals surface area contributed by atoms with E-state index in [9.17, 15) is 14.4 Å². The monoisotopic (exact) mass is 468 g/mol. The second-order valence-corrected chi connectivity index (χ2v) is 8.26. The predicted octanol–water partition coefficient (Wildman–Crippen LogP) is 2.99. The normalized spacial score (nSPS) is 13.6. The molecule has 0 aliphatic carbocycles. The highest BCUT2D eigenvalue weighted by Crippen LogP contribution is 2.19. The number of fused-ring (bicyclic) bond motifs is 1. The van der Waals surface area contributed by atoms with Gasteiger partial charge in [0.15, 0.2) is 5.69 Å². The van der Waals surface area contributed by atoms with Gasteiger partial charge in [0.25, 0.3) is 17.4 Å². The average Bonchev–Trinajstić information content (AvgIpc) is 2.93. The summed E-state index contributed by atoms with van der Waals surface area (Å²) < 4.78 is 6.43. The van der Waals surface area contributed by atoms with Crippen molar-refractivity contribution >= 4 is 22.6 Å². The Hall–Kier alpha value is -4.46. The van der Waals surface area contributed by atoms with Crippen molar-refractivity contribution in [1.29, 1.82) is 0 Å². The standard InChI is InChI=1S/C27H24N4O4/c1-35-21-13-11-19(12-14-21)25(32)29-15-17-30(18-16-29)27(34)24-22-9-5-6-10-23(22)26(33)31(28-24)20-7-3-2-4-8-20/h2-14H,15-18H2,1H3. The Kier molecular flexibility index (Phi) is 6.01. The third-order valence-electron chi connectivity index (χ3n) is 6.20. The van der Waals surface area contributed by atoms with E-state index in [0.717, 1.165) is 0 Å². The van der Waals surface area contributed by atoms with Crippen LogP contribution in [0.3, 0.4) is 0 Å². The fraction of sp³-hybridized carbons (Fsp3) is 0.185. The third kappa shape index (κ3) is 4.26. The molecule has 0 N–H and O–H groups in total. The van der Waals surface area contributed by atoms with Gasteiger partial charge >= 0.3 is 0 Å². The van der Waals surface area contributed by atoms with Gasteiger partial charge in [-0.2, -0.15) is 9.78 Å². The zero-order chi connectivity index (χ0) is 24.4. The molecule has 8 nitrogen and oxygen atoms in total. The number of nitrogens with zero attached hydrogens (tertiary/aromatic N) is 4. The molecule has 8 heteroatoms. The van der Waals surface area contributed by atoms with E-state index in [1.54, 1.807) is 77.6 Å². The van der Waals surface area contributed by atoms with Crippen LogP contribution in [-0.2, 0) is 0 Å². The van der Waals surface area contributed by atoms with Gasteiger partial charge in [-0.25, -0.2) is 0 Å². The Bertz CT molecular complexity index is 1440. The highest BCUT2D eigenvalue weighted by Gasteiger charge is 2.28. The lowest BCUT2D eigenvalue weighted by Crippen LogP contribution is -2.51. The molecule has 3 aromatic carbocycles. The second-order valence-electron chi connectivity index (χ2n) is 8.26. The minimum absolute atomic E-state index is 0.0824. The molecule has 1 aliphatic rings. The highest BCUT2D eigenvalue weighted by atomic mass is 16.5. The van der Waals surface area contributed by atoms with Gasteiger partial charge in [0.1, 0.15) is 5.75 Å². The molecule has 35 heavy (non-hydrogen) atoms. The summed E-state index contributed by atoms with van der Waals surface area (Å²) in [6.45, 7) is 1.57. The fourth-order valence-electron chi connectivity index (χ4n) is 4.27. The number of para-hydroxylation sites is 1. The Morgan fingerprint density at radius 2 is 1.31 bits per heavy atom. The quantitative estimate of drug-likeness (QED) is 0.460. The van der Waals surface area contributed by atoms with Gasteiger partial charge < -0.3 is 14.5 Å². The van der Waals surface area contributed by atoms with E-state index >= 15 is 0 Å². The van der Waals surface area contributed by atoms with Crippen LogP contribution in [0.25, 0.3) is 16.5 Å². The number of ether oxygens (including phenoxy) is 1. The molecule has 2 heterocycles. The third-order valence-corrected chi connectivity index (χ3v) is 6.20. The predicted molar refractivity (Wildman–Crippen MR) is 132 cm³/mol. The lowest BCUT2D eigenvalue weighted by molar-refractivity contribution is 0.0532. The van der Waals surface area contributed by atoms with Crippen molar-refractivity contribution in [3.05, 3.63) is 100 Å². The number of benzene rings is 3. The van der Waals surface area contributed by atoms with Crippen LogP contribution in [-0.4, -0.2) is 64.7 Å². The van der Waals surface area contributed by atoms with Gasteiger partial charge in [0, 0.05) is 37.1 Å². The number of aromatic nitrogens is 2. The van der Waals surface area contributed by atoms with E-state index < -0.39 is 0 Å². The molecule has 1 saturated heterocycles. The SMILES string of the molecule is COc1ccc(C(=O)N2CCN(C(=O)c3nn(-c4ccccc4)c(=O)c4ccccc34)CC2)cc1. The molecule has 176 valence electrons. The number of carbonyl (C=O) groups excluding carboxylic acids is 2. The number of hydrogen-bond donors (Lipinski definition) is 0. The van der Waals surface area contributed by atoms with Gasteiger partial charge in [0.2, 0.25) is 0 Å². The van der Waals surface area contributed by atoms with E-state index in [2.05, 4.69) is 5.10 Å². The number of amides is 2. The molecule has 5 rings (SSSR count). The Morgan fingerprint density at radius 3 is 1.94 bits per heavy atom. The van der Waals surface area contributed by atoms with E-state index in [4.69, 9.17) is 4.74 Å². The summed E-state index contributed by atoms with van der Waals surface area (Å²) in [5.41, 5.74) is 1.11. The van der Waals surface area contributed by atoms with Crippen LogP contribution in [0.15, 0.2) is 83.7 Å². The van der Waals surface area contributed by atoms with Crippen molar-refractivity contribution in [2.75, 3.05) is 33.3 Å². The van der Waals surface area contributed by atoms with Crippen molar-refractivity contribution in [2.24, 2.45) is 0 Å². The van der Waals surface area contributed by atoms with Gasteiger partial charge in [-0.3, -0.25) is 14.4 Å². The van der Waals surface area contributed by atoms with Gasteiger partial charge in [-0.1, -0.05) is 36.4 Å². The molecule has 1 fully saturated rings. The van der Waals surface area contributed by atoms with Crippen LogP contribution in [0.1, 0.15) is 20.8 Å². The van der Waals surface area contributed by atoms with Crippen LogP contribution < -0.4 is 10.3 Å². The summed E-state index contributed by atoms with van der Waals surface area (Å²) >= 11 is 0. The molecule has 0 unspecified atom stereocenters. The Morgan fingerprint density at radius 1 is 0.743 bits per heavy atom. The maximum absolute atomic E-state index is 13.6. The molecule has 0 radical (unpaired) electrons. The zero-order valence-corrected chi connectivity index (χ0v) is 19.3.